The SMILES string of the molecule is O=C(Nc1cc(Cl)ccc1Br)NC(C(=O)O)c1cccs1. The third-order valence-electron chi connectivity index (χ3n) is 2.53. The van der Waals surface area contributed by atoms with Gasteiger partial charge in [-0.2, -0.15) is 0 Å². The highest BCUT2D eigenvalue weighted by molar-refractivity contribution is 9.10. The normalized spacial score (nSPS) is 11.7. The van der Waals surface area contributed by atoms with E-state index in [1.165, 1.54) is 11.3 Å². The summed E-state index contributed by atoms with van der Waals surface area (Å²) in [5.74, 6) is -1.13. The monoisotopic (exact) mass is 388 g/mol. The summed E-state index contributed by atoms with van der Waals surface area (Å²) in [7, 11) is 0. The van der Waals surface area contributed by atoms with Gasteiger partial charge in [0.05, 0.1) is 5.69 Å². The zero-order chi connectivity index (χ0) is 15.4. The summed E-state index contributed by atoms with van der Waals surface area (Å²) in [5.41, 5.74) is 0.454. The largest absolute Gasteiger partial charge is 0.479 e. The number of thiophene rings is 1. The summed E-state index contributed by atoms with van der Waals surface area (Å²) in [6.07, 6.45) is 0. The molecular formula is C13H10BrClN2O3S. The van der Waals surface area contributed by atoms with Gasteiger partial charge in [0.25, 0.3) is 0 Å². The number of carboxylic acids is 1. The number of carbonyl (C=O) groups is 2. The Morgan fingerprint density at radius 1 is 1.33 bits per heavy atom. The van der Waals surface area contributed by atoms with E-state index in [1.807, 2.05) is 0 Å². The Kier molecular flexibility index (Phi) is 5.22. The van der Waals surface area contributed by atoms with E-state index in [0.29, 0.717) is 20.1 Å². The van der Waals surface area contributed by atoms with Crippen molar-refractivity contribution in [3.8, 4) is 0 Å². The number of hydrogen-bond acceptors (Lipinski definition) is 3. The Hall–Kier alpha value is -1.57. The summed E-state index contributed by atoms with van der Waals surface area (Å²) in [6, 6.07) is 6.57. The Balaban J connectivity index is 2.10. The van der Waals surface area contributed by atoms with Crippen molar-refractivity contribution in [1.29, 1.82) is 0 Å². The maximum Gasteiger partial charge on any atom is 0.331 e. The average molecular weight is 390 g/mol. The molecule has 0 aliphatic carbocycles. The minimum Gasteiger partial charge on any atom is -0.479 e. The number of aliphatic carboxylic acids is 1. The molecule has 1 atom stereocenters. The maximum atomic E-state index is 11.9. The second kappa shape index (κ2) is 6.93. The summed E-state index contributed by atoms with van der Waals surface area (Å²) in [5, 5.41) is 16.4. The van der Waals surface area contributed by atoms with Gasteiger partial charge in [0.2, 0.25) is 0 Å². The van der Waals surface area contributed by atoms with Crippen molar-refractivity contribution in [2.45, 2.75) is 6.04 Å². The number of nitrogens with one attached hydrogen (secondary N) is 2. The lowest BCUT2D eigenvalue weighted by molar-refractivity contribution is -0.139. The minimum absolute atomic E-state index is 0.454. The van der Waals surface area contributed by atoms with Crippen LogP contribution in [0.4, 0.5) is 10.5 Å². The third kappa shape index (κ3) is 4.20. The van der Waals surface area contributed by atoms with Gasteiger partial charge in [0.15, 0.2) is 6.04 Å². The van der Waals surface area contributed by atoms with E-state index in [4.69, 9.17) is 11.6 Å². The zero-order valence-corrected chi connectivity index (χ0v) is 13.6. The molecule has 0 spiro atoms. The van der Waals surface area contributed by atoms with Crippen LogP contribution in [0.1, 0.15) is 10.9 Å². The third-order valence-corrected chi connectivity index (χ3v) is 4.39. The Labute approximate surface area is 138 Å². The fraction of sp³-hybridized carbons (Fsp3) is 0.0769. The highest BCUT2D eigenvalue weighted by Crippen LogP contribution is 2.26. The van der Waals surface area contributed by atoms with Gasteiger partial charge in [-0.05, 0) is 45.6 Å². The zero-order valence-electron chi connectivity index (χ0n) is 10.5. The van der Waals surface area contributed by atoms with Crippen LogP contribution in [-0.4, -0.2) is 17.1 Å². The molecule has 1 aromatic heterocycles. The minimum atomic E-state index is -1.13. The fourth-order valence-electron chi connectivity index (χ4n) is 1.59. The van der Waals surface area contributed by atoms with E-state index < -0.39 is 18.0 Å². The van der Waals surface area contributed by atoms with Crippen molar-refractivity contribution in [3.63, 3.8) is 0 Å². The molecule has 8 heteroatoms. The summed E-state index contributed by atoms with van der Waals surface area (Å²) in [6.45, 7) is 0. The number of hydrogen-bond donors (Lipinski definition) is 3. The molecule has 1 heterocycles. The van der Waals surface area contributed by atoms with Gasteiger partial charge in [-0.15, -0.1) is 11.3 Å². The van der Waals surface area contributed by atoms with Crippen LogP contribution >= 0.6 is 38.9 Å². The molecule has 0 aliphatic rings. The lowest BCUT2D eigenvalue weighted by Gasteiger charge is -2.14. The molecule has 3 N–H and O–H groups in total. The van der Waals surface area contributed by atoms with Gasteiger partial charge in [0, 0.05) is 14.4 Å². The molecular weight excluding hydrogens is 380 g/mol. The van der Waals surface area contributed by atoms with E-state index in [0.717, 1.165) is 0 Å². The van der Waals surface area contributed by atoms with Crippen LogP contribution in [0.15, 0.2) is 40.2 Å². The predicted molar refractivity (Wildman–Crippen MR) is 86.0 cm³/mol. The maximum absolute atomic E-state index is 11.9. The fourth-order valence-corrected chi connectivity index (χ4v) is 2.88. The Morgan fingerprint density at radius 3 is 2.71 bits per heavy atom. The van der Waals surface area contributed by atoms with Gasteiger partial charge < -0.3 is 15.7 Å². The molecule has 1 unspecified atom stereocenters. The lowest BCUT2D eigenvalue weighted by atomic mass is 10.2. The van der Waals surface area contributed by atoms with Crippen molar-refractivity contribution < 1.29 is 14.7 Å². The van der Waals surface area contributed by atoms with Gasteiger partial charge in [-0.1, -0.05) is 17.7 Å². The van der Waals surface area contributed by atoms with Crippen LogP contribution < -0.4 is 10.6 Å². The first kappa shape index (κ1) is 15.8. The highest BCUT2D eigenvalue weighted by atomic mass is 79.9. The van der Waals surface area contributed by atoms with E-state index in [1.54, 1.807) is 35.7 Å². The number of anilines is 1. The van der Waals surface area contributed by atoms with E-state index >= 15 is 0 Å². The van der Waals surface area contributed by atoms with Crippen molar-refractivity contribution in [2.75, 3.05) is 5.32 Å². The van der Waals surface area contributed by atoms with Gasteiger partial charge in [0.1, 0.15) is 0 Å². The number of rotatable bonds is 4. The van der Waals surface area contributed by atoms with Gasteiger partial charge in [-0.25, -0.2) is 9.59 Å². The van der Waals surface area contributed by atoms with E-state index in [-0.39, 0.29) is 0 Å². The first-order valence-corrected chi connectivity index (χ1v) is 7.81. The topological polar surface area (TPSA) is 78.4 Å². The molecule has 0 radical (unpaired) electrons. The molecule has 2 rings (SSSR count). The Morgan fingerprint density at radius 2 is 2.10 bits per heavy atom. The quantitative estimate of drug-likeness (QED) is 0.736. The lowest BCUT2D eigenvalue weighted by Crippen LogP contribution is -2.36. The van der Waals surface area contributed by atoms with Crippen LogP contribution in [0.25, 0.3) is 0 Å². The number of benzene rings is 1. The van der Waals surface area contributed by atoms with Crippen LogP contribution in [-0.2, 0) is 4.79 Å². The number of carbonyl (C=O) groups excluding carboxylic acids is 1. The smallest absolute Gasteiger partial charge is 0.331 e. The predicted octanol–water partition coefficient (Wildman–Crippen LogP) is 4.11. The van der Waals surface area contributed by atoms with Gasteiger partial charge >= 0.3 is 12.0 Å². The van der Waals surface area contributed by atoms with Crippen molar-refractivity contribution in [3.05, 3.63) is 50.1 Å². The molecule has 0 saturated carbocycles. The van der Waals surface area contributed by atoms with E-state index in [9.17, 15) is 14.7 Å². The number of carboxylic acid groups (broad SMARTS) is 1. The van der Waals surface area contributed by atoms with Crippen molar-refractivity contribution >= 4 is 56.6 Å². The molecule has 0 saturated heterocycles. The first-order valence-electron chi connectivity index (χ1n) is 5.76. The van der Waals surface area contributed by atoms with Crippen molar-refractivity contribution in [2.24, 2.45) is 0 Å². The second-order valence-corrected chi connectivity index (χ2v) is 6.28. The highest BCUT2D eigenvalue weighted by Gasteiger charge is 2.23. The van der Waals surface area contributed by atoms with Crippen molar-refractivity contribution in [1.82, 2.24) is 5.32 Å². The van der Waals surface area contributed by atoms with E-state index in [2.05, 4.69) is 26.6 Å². The molecule has 0 fully saturated rings. The molecule has 110 valence electrons. The second-order valence-electron chi connectivity index (χ2n) is 4.01. The molecule has 2 amide bonds. The van der Waals surface area contributed by atoms with Gasteiger partial charge in [-0.3, -0.25) is 0 Å². The number of halogens is 2. The van der Waals surface area contributed by atoms with Crippen LogP contribution in [0.5, 0.6) is 0 Å². The average Bonchev–Trinajstić information content (AvgIpc) is 2.93. The Bertz CT molecular complexity index is 663. The van der Waals surface area contributed by atoms with Crippen LogP contribution in [0.2, 0.25) is 5.02 Å². The molecule has 0 aliphatic heterocycles. The van der Waals surface area contributed by atoms with Crippen LogP contribution in [0, 0.1) is 0 Å². The molecule has 0 bridgehead atoms. The standard InChI is InChI=1S/C13H10BrClN2O3S/c14-8-4-3-7(15)6-9(8)16-13(20)17-11(12(18)19)10-2-1-5-21-10/h1-6,11H,(H,18,19)(H2,16,17,20). The molecule has 1 aromatic carbocycles. The summed E-state index contributed by atoms with van der Waals surface area (Å²) in [4.78, 5) is 23.7. The number of amides is 2. The molecule has 21 heavy (non-hydrogen) atoms. The van der Waals surface area contributed by atoms with Crippen LogP contribution in [0.3, 0.4) is 0 Å². The molecule has 5 nitrogen and oxygen atoms in total. The molecule has 2 aromatic rings. The summed E-state index contributed by atoms with van der Waals surface area (Å²) < 4.78 is 0.644. The number of urea groups is 1. The summed E-state index contributed by atoms with van der Waals surface area (Å²) >= 11 is 10.4. The first-order chi connectivity index (χ1) is 9.97.